The Morgan fingerprint density at radius 3 is 2.95 bits per heavy atom. The number of likely N-dealkylation sites (tertiary alicyclic amines) is 1. The molecule has 1 saturated heterocycles. The number of alkyl halides is 2. The fourth-order valence-electron chi connectivity index (χ4n) is 2.89. The van der Waals surface area contributed by atoms with Gasteiger partial charge in [0.05, 0.1) is 17.1 Å². The summed E-state index contributed by atoms with van der Waals surface area (Å²) in [7, 11) is 1.92. The van der Waals surface area contributed by atoms with E-state index in [2.05, 4.69) is 4.98 Å². The normalized spacial score (nSPS) is 20.6. The van der Waals surface area contributed by atoms with Gasteiger partial charge in [0.25, 0.3) is 11.5 Å². The summed E-state index contributed by atoms with van der Waals surface area (Å²) in [5, 5.41) is 0. The van der Waals surface area contributed by atoms with Crippen molar-refractivity contribution >= 4 is 28.5 Å². The van der Waals surface area contributed by atoms with Gasteiger partial charge in [0, 0.05) is 13.6 Å². The summed E-state index contributed by atoms with van der Waals surface area (Å²) in [6.07, 6.45) is 1.62. The van der Waals surface area contributed by atoms with E-state index in [1.54, 1.807) is 0 Å². The molecule has 6 heteroatoms. The standard InChI is InChI=1S/C14H15ClFN3O/c1-18-10-6-3-2-5-9(10)17-13(18)11-7-4-8-19(11)14(20)12(15)16/h2-3,5-6,11-12H,4,7-8H2,1H3. The molecule has 2 atom stereocenters. The zero-order valence-electron chi connectivity index (χ0n) is 11.1. The molecule has 20 heavy (non-hydrogen) atoms. The van der Waals surface area contributed by atoms with E-state index in [1.807, 2.05) is 35.9 Å². The minimum atomic E-state index is -1.98. The average molecular weight is 296 g/mol. The number of aryl methyl sites for hydroxylation is 1. The van der Waals surface area contributed by atoms with Crippen LogP contribution in [0.15, 0.2) is 24.3 Å². The predicted molar refractivity (Wildman–Crippen MR) is 75.2 cm³/mol. The number of amides is 1. The van der Waals surface area contributed by atoms with Crippen molar-refractivity contribution in [3.8, 4) is 0 Å². The Balaban J connectivity index is 2.01. The number of nitrogens with zero attached hydrogens (tertiary/aromatic N) is 3. The number of carbonyl (C=O) groups excluding carboxylic acids is 1. The van der Waals surface area contributed by atoms with Crippen molar-refractivity contribution in [1.29, 1.82) is 0 Å². The topological polar surface area (TPSA) is 38.1 Å². The number of halogens is 2. The van der Waals surface area contributed by atoms with E-state index in [0.717, 1.165) is 29.7 Å². The van der Waals surface area contributed by atoms with Crippen molar-refractivity contribution in [3.05, 3.63) is 30.1 Å². The van der Waals surface area contributed by atoms with Gasteiger partial charge in [-0.1, -0.05) is 23.7 Å². The second-order valence-electron chi connectivity index (χ2n) is 5.01. The highest BCUT2D eigenvalue weighted by atomic mass is 35.5. The third-order valence-electron chi connectivity index (χ3n) is 3.84. The largest absolute Gasteiger partial charge is 0.329 e. The van der Waals surface area contributed by atoms with Crippen LogP contribution in [0.3, 0.4) is 0 Å². The predicted octanol–water partition coefficient (Wildman–Crippen LogP) is 2.77. The molecule has 1 amide bonds. The highest BCUT2D eigenvalue weighted by Gasteiger charge is 2.35. The number of rotatable bonds is 2. The highest BCUT2D eigenvalue weighted by molar-refractivity contribution is 6.29. The molecule has 0 spiro atoms. The monoisotopic (exact) mass is 295 g/mol. The average Bonchev–Trinajstić information content (AvgIpc) is 3.03. The first-order valence-corrected chi connectivity index (χ1v) is 7.03. The van der Waals surface area contributed by atoms with Crippen LogP contribution in [0, 0.1) is 0 Å². The maximum Gasteiger partial charge on any atom is 0.273 e. The third kappa shape index (κ3) is 2.06. The van der Waals surface area contributed by atoms with Crippen LogP contribution in [0.2, 0.25) is 0 Å². The Labute approximate surface area is 121 Å². The van der Waals surface area contributed by atoms with Crippen molar-refractivity contribution < 1.29 is 9.18 Å². The molecule has 2 aromatic rings. The molecule has 3 rings (SSSR count). The number of fused-ring (bicyclic) bond motifs is 1. The summed E-state index contributed by atoms with van der Waals surface area (Å²) >= 11 is 5.29. The fourth-order valence-corrected chi connectivity index (χ4v) is 3.01. The van der Waals surface area contributed by atoms with Gasteiger partial charge < -0.3 is 9.47 Å². The molecule has 4 nitrogen and oxygen atoms in total. The third-order valence-corrected chi connectivity index (χ3v) is 4.03. The molecule has 0 bridgehead atoms. The number of carbonyl (C=O) groups is 1. The van der Waals surface area contributed by atoms with E-state index in [9.17, 15) is 9.18 Å². The van der Waals surface area contributed by atoms with Gasteiger partial charge in [-0.2, -0.15) is 0 Å². The number of aromatic nitrogens is 2. The number of para-hydroxylation sites is 2. The van der Waals surface area contributed by atoms with Crippen molar-refractivity contribution in [2.24, 2.45) is 7.05 Å². The highest BCUT2D eigenvalue weighted by Crippen LogP contribution is 2.33. The number of hydrogen-bond donors (Lipinski definition) is 0. The minimum Gasteiger partial charge on any atom is -0.329 e. The smallest absolute Gasteiger partial charge is 0.273 e. The first-order valence-electron chi connectivity index (χ1n) is 6.59. The maximum atomic E-state index is 13.1. The summed E-state index contributed by atoms with van der Waals surface area (Å²) < 4.78 is 15.1. The van der Waals surface area contributed by atoms with E-state index < -0.39 is 11.5 Å². The molecule has 1 fully saturated rings. The molecule has 2 unspecified atom stereocenters. The van der Waals surface area contributed by atoms with E-state index >= 15 is 0 Å². The summed E-state index contributed by atoms with van der Waals surface area (Å²) in [4.78, 5) is 17.9. The molecule has 1 aliphatic heterocycles. The van der Waals surface area contributed by atoms with Gasteiger partial charge in [-0.15, -0.1) is 0 Å². The first-order chi connectivity index (χ1) is 9.59. The van der Waals surface area contributed by atoms with Crippen LogP contribution in [0.5, 0.6) is 0 Å². The molecule has 0 N–H and O–H groups in total. The van der Waals surface area contributed by atoms with E-state index in [0.29, 0.717) is 6.54 Å². The molecule has 0 radical (unpaired) electrons. The minimum absolute atomic E-state index is 0.197. The molecular weight excluding hydrogens is 281 g/mol. The quantitative estimate of drug-likeness (QED) is 0.799. The molecule has 0 aliphatic carbocycles. The van der Waals surface area contributed by atoms with Crippen LogP contribution in [0.1, 0.15) is 24.7 Å². The van der Waals surface area contributed by atoms with E-state index in [-0.39, 0.29) is 6.04 Å². The first kappa shape index (κ1) is 13.4. The molecular formula is C14H15ClFN3O. The van der Waals surface area contributed by atoms with E-state index in [1.165, 1.54) is 4.90 Å². The summed E-state index contributed by atoms with van der Waals surface area (Å²) in [6.45, 7) is 0.528. The Bertz CT molecular complexity index is 655. The SMILES string of the molecule is Cn1c(C2CCCN2C(=O)C(F)Cl)nc2ccccc21. The Morgan fingerprint density at radius 2 is 2.25 bits per heavy atom. The summed E-state index contributed by atoms with van der Waals surface area (Å²) in [6, 6.07) is 7.58. The van der Waals surface area contributed by atoms with E-state index in [4.69, 9.17) is 11.6 Å². The lowest BCUT2D eigenvalue weighted by Crippen LogP contribution is -2.35. The van der Waals surface area contributed by atoms with Gasteiger partial charge in [0.1, 0.15) is 5.82 Å². The lowest BCUT2D eigenvalue weighted by molar-refractivity contribution is -0.134. The zero-order valence-corrected chi connectivity index (χ0v) is 11.8. The lowest BCUT2D eigenvalue weighted by Gasteiger charge is -2.24. The van der Waals surface area contributed by atoms with Crippen molar-refractivity contribution in [1.82, 2.24) is 14.5 Å². The van der Waals surface area contributed by atoms with Crippen LogP contribution in [-0.2, 0) is 11.8 Å². The van der Waals surface area contributed by atoms with Gasteiger partial charge in [0.15, 0.2) is 0 Å². The fraction of sp³-hybridized carbons (Fsp3) is 0.429. The number of hydrogen-bond acceptors (Lipinski definition) is 2. The van der Waals surface area contributed by atoms with Crippen LogP contribution in [0.4, 0.5) is 4.39 Å². The molecule has 0 saturated carbocycles. The van der Waals surface area contributed by atoms with Crippen LogP contribution < -0.4 is 0 Å². The lowest BCUT2D eigenvalue weighted by atomic mass is 10.2. The zero-order chi connectivity index (χ0) is 14.3. The molecule has 106 valence electrons. The molecule has 1 aromatic carbocycles. The van der Waals surface area contributed by atoms with Gasteiger partial charge in [-0.25, -0.2) is 9.37 Å². The Kier molecular flexibility index (Phi) is 3.38. The molecule has 1 aromatic heterocycles. The van der Waals surface area contributed by atoms with Crippen LogP contribution in [0.25, 0.3) is 11.0 Å². The van der Waals surface area contributed by atoms with Gasteiger partial charge >= 0.3 is 0 Å². The summed E-state index contributed by atoms with van der Waals surface area (Å²) in [5.41, 5.74) is -0.0956. The summed E-state index contributed by atoms with van der Waals surface area (Å²) in [5.74, 6) is 0.121. The van der Waals surface area contributed by atoms with Crippen molar-refractivity contribution in [2.75, 3.05) is 6.54 Å². The molecule has 1 aliphatic rings. The Hall–Kier alpha value is -1.62. The van der Waals surface area contributed by atoms with Gasteiger partial charge in [-0.05, 0) is 25.0 Å². The number of imidazole rings is 1. The Morgan fingerprint density at radius 1 is 1.50 bits per heavy atom. The van der Waals surface area contributed by atoms with Gasteiger partial charge in [-0.3, -0.25) is 4.79 Å². The van der Waals surface area contributed by atoms with Crippen LogP contribution in [-0.4, -0.2) is 32.5 Å². The van der Waals surface area contributed by atoms with Crippen molar-refractivity contribution in [3.63, 3.8) is 0 Å². The molecule has 2 heterocycles. The maximum absolute atomic E-state index is 13.1. The number of benzene rings is 1. The van der Waals surface area contributed by atoms with Crippen molar-refractivity contribution in [2.45, 2.75) is 24.5 Å². The van der Waals surface area contributed by atoms with Gasteiger partial charge in [0.2, 0.25) is 0 Å². The second-order valence-corrected chi connectivity index (χ2v) is 5.39. The second kappa shape index (κ2) is 5.05. The van der Waals surface area contributed by atoms with Crippen LogP contribution >= 0.6 is 11.6 Å².